The van der Waals surface area contributed by atoms with Crippen LogP contribution in [0.5, 0.6) is 0 Å². The van der Waals surface area contributed by atoms with Crippen LogP contribution in [-0.2, 0) is 4.79 Å². The molecule has 0 aromatic carbocycles. The molecule has 1 amide bonds. The van der Waals surface area contributed by atoms with E-state index >= 15 is 0 Å². The molecule has 0 rings (SSSR count). The Kier molecular flexibility index (Phi) is 5.17. The minimum atomic E-state index is -0.387. The highest BCUT2D eigenvalue weighted by atomic mass is 16.1. The summed E-state index contributed by atoms with van der Waals surface area (Å²) in [7, 11) is 0. The van der Waals surface area contributed by atoms with Crippen LogP contribution in [0.1, 0.15) is 27.2 Å². The number of nitrogens with two attached hydrogens (primary N) is 1. The molecule has 0 aromatic heterocycles. The van der Waals surface area contributed by atoms with Crippen LogP contribution in [0.25, 0.3) is 0 Å². The third kappa shape index (κ3) is 4.77. The number of hydrogen-bond acceptors (Lipinski definition) is 2. The molecule has 70 valence electrons. The normalized spacial score (nSPS) is 11.8. The van der Waals surface area contributed by atoms with Crippen LogP contribution < -0.4 is 11.1 Å². The Labute approximate surface area is 74.0 Å². The summed E-state index contributed by atoms with van der Waals surface area (Å²) in [5, 5.41) is 3.16. The number of allylic oxidation sites excluding steroid dienone is 1. The van der Waals surface area contributed by atoms with E-state index in [4.69, 9.17) is 5.73 Å². The fraction of sp³-hybridized carbons (Fsp3) is 0.667. The van der Waals surface area contributed by atoms with Crippen LogP contribution in [-0.4, -0.2) is 12.5 Å². The number of hydrogen-bond donors (Lipinski definition) is 2. The van der Waals surface area contributed by atoms with Crippen molar-refractivity contribution in [2.24, 2.45) is 11.7 Å². The second-order valence-corrected chi connectivity index (χ2v) is 3.08. The molecule has 3 heteroatoms. The second kappa shape index (κ2) is 5.63. The third-order valence-corrected chi connectivity index (χ3v) is 1.50. The van der Waals surface area contributed by atoms with Gasteiger partial charge in [-0.25, -0.2) is 0 Å². The molecule has 0 saturated heterocycles. The van der Waals surface area contributed by atoms with Gasteiger partial charge in [0.1, 0.15) is 0 Å². The van der Waals surface area contributed by atoms with Crippen LogP contribution in [0.15, 0.2) is 11.8 Å². The summed E-state index contributed by atoms with van der Waals surface area (Å²) < 4.78 is 0. The molecule has 0 saturated carbocycles. The first-order valence-electron chi connectivity index (χ1n) is 4.32. The van der Waals surface area contributed by atoms with Gasteiger partial charge in [0, 0.05) is 18.3 Å². The summed E-state index contributed by atoms with van der Waals surface area (Å²) in [5.74, 6) is -0.0636. The number of primary amides is 1. The lowest BCUT2D eigenvalue weighted by molar-refractivity contribution is -0.113. The van der Waals surface area contributed by atoms with Gasteiger partial charge in [-0.3, -0.25) is 4.79 Å². The highest BCUT2D eigenvalue weighted by Gasteiger charge is 2.02. The fourth-order valence-corrected chi connectivity index (χ4v) is 0.844. The Hall–Kier alpha value is -0.990. The molecule has 12 heavy (non-hydrogen) atoms. The highest BCUT2D eigenvalue weighted by Crippen LogP contribution is 2.04. The van der Waals surface area contributed by atoms with Crippen LogP contribution >= 0.6 is 0 Å². The van der Waals surface area contributed by atoms with Crippen LogP contribution in [0.3, 0.4) is 0 Å². The molecule has 0 fully saturated rings. The van der Waals surface area contributed by atoms with Gasteiger partial charge in [-0.05, 0) is 12.3 Å². The van der Waals surface area contributed by atoms with E-state index in [1.54, 1.807) is 0 Å². The van der Waals surface area contributed by atoms with Crippen molar-refractivity contribution in [1.29, 1.82) is 0 Å². The van der Waals surface area contributed by atoms with Crippen molar-refractivity contribution in [2.75, 3.05) is 6.54 Å². The summed E-state index contributed by atoms with van der Waals surface area (Å²) >= 11 is 0. The smallest absolute Gasteiger partial charge is 0.243 e. The van der Waals surface area contributed by atoms with Crippen LogP contribution in [0.4, 0.5) is 0 Å². The maximum absolute atomic E-state index is 10.6. The molecule has 3 nitrogen and oxygen atoms in total. The van der Waals surface area contributed by atoms with Crippen LogP contribution in [0.2, 0.25) is 0 Å². The zero-order chi connectivity index (χ0) is 9.56. The quantitative estimate of drug-likeness (QED) is 0.605. The summed E-state index contributed by atoms with van der Waals surface area (Å²) in [6.45, 7) is 7.02. The van der Waals surface area contributed by atoms with Crippen molar-refractivity contribution in [2.45, 2.75) is 27.2 Å². The maximum atomic E-state index is 10.6. The number of rotatable bonds is 5. The first-order valence-corrected chi connectivity index (χ1v) is 4.32. The molecule has 0 unspecified atom stereocenters. The average Bonchev–Trinajstić information content (AvgIpc) is 1.96. The zero-order valence-electron chi connectivity index (χ0n) is 8.05. The van der Waals surface area contributed by atoms with Gasteiger partial charge in [-0.2, -0.15) is 0 Å². The van der Waals surface area contributed by atoms with E-state index < -0.39 is 0 Å². The van der Waals surface area contributed by atoms with E-state index in [9.17, 15) is 4.79 Å². The molecule has 0 aromatic rings. The predicted molar refractivity (Wildman–Crippen MR) is 50.4 cm³/mol. The zero-order valence-corrected chi connectivity index (χ0v) is 8.05. The Morgan fingerprint density at radius 3 is 2.50 bits per heavy atom. The summed E-state index contributed by atoms with van der Waals surface area (Å²) in [5.41, 5.74) is 5.97. The summed E-state index contributed by atoms with van der Waals surface area (Å²) in [4.78, 5) is 10.6. The number of amides is 1. The summed E-state index contributed by atoms with van der Waals surface area (Å²) in [6, 6.07) is 0. The molecule has 0 aliphatic rings. The number of nitrogens with one attached hydrogen (secondary N) is 1. The Morgan fingerprint density at radius 1 is 1.58 bits per heavy atom. The standard InChI is InChI=1S/C9H18N2O/c1-4-5-11-8(7(2)3)6-9(10)12/h6-7,11H,4-5H2,1-3H3,(H2,10,12). The van der Waals surface area contributed by atoms with Gasteiger partial charge in [0.25, 0.3) is 0 Å². The number of carbonyl (C=O) groups excluding carboxylic acids is 1. The minimum Gasteiger partial charge on any atom is -0.388 e. The average molecular weight is 170 g/mol. The Bertz CT molecular complexity index is 173. The van der Waals surface area contributed by atoms with Gasteiger partial charge >= 0.3 is 0 Å². The van der Waals surface area contributed by atoms with Crippen LogP contribution in [0, 0.1) is 5.92 Å². The first-order chi connectivity index (χ1) is 5.57. The molecule has 0 bridgehead atoms. The molecule has 0 aliphatic carbocycles. The van der Waals surface area contributed by atoms with Gasteiger partial charge in [0.2, 0.25) is 5.91 Å². The summed E-state index contributed by atoms with van der Waals surface area (Å²) in [6.07, 6.45) is 2.50. The van der Waals surface area contributed by atoms with E-state index in [2.05, 4.69) is 12.2 Å². The van der Waals surface area contributed by atoms with Gasteiger partial charge in [0.15, 0.2) is 0 Å². The molecular formula is C9H18N2O. The largest absolute Gasteiger partial charge is 0.388 e. The molecule has 3 N–H and O–H groups in total. The van der Waals surface area contributed by atoms with Gasteiger partial charge < -0.3 is 11.1 Å². The van der Waals surface area contributed by atoms with Gasteiger partial charge in [-0.1, -0.05) is 20.8 Å². The van der Waals surface area contributed by atoms with Crippen molar-refractivity contribution < 1.29 is 4.79 Å². The van der Waals surface area contributed by atoms with Crippen molar-refractivity contribution in [3.8, 4) is 0 Å². The molecule has 0 heterocycles. The fourth-order valence-electron chi connectivity index (χ4n) is 0.844. The molecule has 0 spiro atoms. The lowest BCUT2D eigenvalue weighted by Gasteiger charge is -2.12. The van der Waals surface area contributed by atoms with Crippen molar-refractivity contribution >= 4 is 5.91 Å². The second-order valence-electron chi connectivity index (χ2n) is 3.08. The maximum Gasteiger partial charge on any atom is 0.243 e. The van der Waals surface area contributed by atoms with E-state index in [1.807, 2.05) is 13.8 Å². The lowest BCUT2D eigenvalue weighted by Crippen LogP contribution is -2.21. The predicted octanol–water partition coefficient (Wildman–Crippen LogP) is 1.01. The molecule has 0 atom stereocenters. The highest BCUT2D eigenvalue weighted by molar-refractivity contribution is 5.86. The Balaban J connectivity index is 4.13. The topological polar surface area (TPSA) is 55.1 Å². The van der Waals surface area contributed by atoms with E-state index in [0.29, 0.717) is 5.92 Å². The van der Waals surface area contributed by atoms with E-state index in [0.717, 1.165) is 18.7 Å². The first kappa shape index (κ1) is 11.0. The van der Waals surface area contributed by atoms with Gasteiger partial charge in [-0.15, -0.1) is 0 Å². The van der Waals surface area contributed by atoms with Crippen molar-refractivity contribution in [3.63, 3.8) is 0 Å². The molecule has 0 aliphatic heterocycles. The van der Waals surface area contributed by atoms with Gasteiger partial charge in [0.05, 0.1) is 0 Å². The number of carbonyl (C=O) groups is 1. The molecule has 0 radical (unpaired) electrons. The van der Waals surface area contributed by atoms with E-state index in [-0.39, 0.29) is 5.91 Å². The third-order valence-electron chi connectivity index (χ3n) is 1.50. The lowest BCUT2D eigenvalue weighted by atomic mass is 10.1. The van der Waals surface area contributed by atoms with E-state index in [1.165, 1.54) is 6.08 Å². The van der Waals surface area contributed by atoms with Crippen molar-refractivity contribution in [1.82, 2.24) is 5.32 Å². The Morgan fingerprint density at radius 2 is 2.17 bits per heavy atom. The van der Waals surface area contributed by atoms with Crippen molar-refractivity contribution in [3.05, 3.63) is 11.8 Å². The monoisotopic (exact) mass is 170 g/mol. The minimum absolute atomic E-state index is 0.323. The SMILES string of the molecule is CCCNC(=CC(N)=O)C(C)C. The molecular weight excluding hydrogens is 152 g/mol.